The monoisotopic (exact) mass is 308 g/mol. The van der Waals surface area contributed by atoms with E-state index in [0.717, 1.165) is 13.0 Å². The number of nitrogens with zero attached hydrogens (tertiary/aromatic N) is 2. The Hall–Kier alpha value is -1.95. The quantitative estimate of drug-likeness (QED) is 0.897. The number of carbonyl (C=O) groups excluding carboxylic acids is 1. The molecule has 1 heterocycles. The van der Waals surface area contributed by atoms with Gasteiger partial charge in [-0.3, -0.25) is 14.5 Å². The molecule has 0 aromatic heterocycles. The molecule has 1 saturated heterocycles. The van der Waals surface area contributed by atoms with E-state index in [1.165, 1.54) is 11.0 Å². The van der Waals surface area contributed by atoms with Crippen LogP contribution < -0.4 is 0 Å². The fourth-order valence-electron chi connectivity index (χ4n) is 2.68. The molecule has 1 aromatic rings. The topological polar surface area (TPSA) is 60.9 Å². The maximum atomic E-state index is 13.6. The Labute approximate surface area is 129 Å². The summed E-state index contributed by atoms with van der Waals surface area (Å²) in [7, 11) is 1.63. The van der Waals surface area contributed by atoms with Crippen LogP contribution in [0.5, 0.6) is 0 Å². The molecule has 6 heteroatoms. The minimum Gasteiger partial charge on any atom is -0.481 e. The fourth-order valence-corrected chi connectivity index (χ4v) is 2.68. The van der Waals surface area contributed by atoms with E-state index < -0.39 is 11.9 Å². The van der Waals surface area contributed by atoms with Crippen LogP contribution in [-0.4, -0.2) is 53.5 Å². The van der Waals surface area contributed by atoms with Gasteiger partial charge in [-0.15, -0.1) is 0 Å². The summed E-state index contributed by atoms with van der Waals surface area (Å²) in [5.74, 6) is -1.67. The number of hydrogen-bond acceptors (Lipinski definition) is 3. The summed E-state index contributed by atoms with van der Waals surface area (Å²) in [5, 5.41) is 9.06. The standard InChI is InChI=1S/C16H21FN2O3/c1-18(9-12-5-2-3-7-14(12)17)15(20)11-19-8-4-6-13(10-19)16(21)22/h2-3,5,7,13H,4,6,8-11H2,1H3,(H,21,22)/t13-/m0/s1. The number of rotatable bonds is 5. The number of carboxylic acid groups (broad SMARTS) is 1. The fraction of sp³-hybridized carbons (Fsp3) is 0.500. The minimum atomic E-state index is -0.808. The molecule has 0 spiro atoms. The van der Waals surface area contributed by atoms with Crippen molar-refractivity contribution >= 4 is 11.9 Å². The van der Waals surface area contributed by atoms with Gasteiger partial charge in [0.25, 0.3) is 0 Å². The summed E-state index contributed by atoms with van der Waals surface area (Å²) in [5.41, 5.74) is 0.473. The highest BCUT2D eigenvalue weighted by atomic mass is 19.1. The first kappa shape index (κ1) is 16.4. The van der Waals surface area contributed by atoms with E-state index in [1.54, 1.807) is 25.2 Å². The summed E-state index contributed by atoms with van der Waals surface area (Å²) in [4.78, 5) is 26.6. The summed E-state index contributed by atoms with van der Waals surface area (Å²) in [6.45, 7) is 1.51. The molecule has 5 nitrogen and oxygen atoms in total. The summed E-state index contributed by atoms with van der Waals surface area (Å²) < 4.78 is 13.6. The first-order valence-corrected chi connectivity index (χ1v) is 7.40. The average molecular weight is 308 g/mol. The number of likely N-dealkylation sites (N-methyl/N-ethyl adjacent to an activating group) is 1. The van der Waals surface area contributed by atoms with Crippen molar-refractivity contribution in [3.05, 3.63) is 35.6 Å². The van der Waals surface area contributed by atoms with Gasteiger partial charge in [-0.25, -0.2) is 4.39 Å². The van der Waals surface area contributed by atoms with Crippen LogP contribution in [0.4, 0.5) is 4.39 Å². The Kier molecular flexibility index (Phi) is 5.49. The summed E-state index contributed by atoms with van der Waals surface area (Å²) >= 11 is 0. The van der Waals surface area contributed by atoms with Crippen molar-refractivity contribution in [1.82, 2.24) is 9.80 Å². The van der Waals surface area contributed by atoms with Crippen molar-refractivity contribution in [2.75, 3.05) is 26.7 Å². The molecular weight excluding hydrogens is 287 g/mol. The Morgan fingerprint density at radius 3 is 2.82 bits per heavy atom. The highest BCUT2D eigenvalue weighted by Gasteiger charge is 2.27. The first-order chi connectivity index (χ1) is 10.5. The van der Waals surface area contributed by atoms with Gasteiger partial charge in [-0.1, -0.05) is 18.2 Å². The lowest BCUT2D eigenvalue weighted by Gasteiger charge is -2.31. The lowest BCUT2D eigenvalue weighted by atomic mass is 9.98. The lowest BCUT2D eigenvalue weighted by molar-refractivity contribution is -0.144. The van der Waals surface area contributed by atoms with E-state index in [-0.39, 0.29) is 24.8 Å². The van der Waals surface area contributed by atoms with Gasteiger partial charge in [0.2, 0.25) is 5.91 Å². The van der Waals surface area contributed by atoms with Gasteiger partial charge in [0, 0.05) is 25.7 Å². The molecule has 1 amide bonds. The molecule has 0 saturated carbocycles. The zero-order valence-electron chi connectivity index (χ0n) is 12.7. The zero-order chi connectivity index (χ0) is 16.1. The molecule has 22 heavy (non-hydrogen) atoms. The van der Waals surface area contributed by atoms with Gasteiger partial charge in [-0.2, -0.15) is 0 Å². The zero-order valence-corrected chi connectivity index (χ0v) is 12.7. The van der Waals surface area contributed by atoms with Gasteiger partial charge in [0.05, 0.1) is 12.5 Å². The summed E-state index contributed by atoms with van der Waals surface area (Å²) in [6.07, 6.45) is 1.44. The number of carboxylic acids is 1. The van der Waals surface area contributed by atoms with Crippen molar-refractivity contribution in [2.45, 2.75) is 19.4 Å². The second-order valence-electron chi connectivity index (χ2n) is 5.75. The Bertz CT molecular complexity index is 550. The number of carbonyl (C=O) groups is 2. The number of hydrogen-bond donors (Lipinski definition) is 1. The average Bonchev–Trinajstić information content (AvgIpc) is 2.49. The third-order valence-corrected chi connectivity index (χ3v) is 4.00. The SMILES string of the molecule is CN(Cc1ccccc1F)C(=O)CN1CCC[C@H](C(=O)O)C1. The molecule has 1 N–H and O–H groups in total. The molecule has 0 radical (unpaired) electrons. The van der Waals surface area contributed by atoms with Gasteiger partial charge >= 0.3 is 5.97 Å². The predicted molar refractivity (Wildman–Crippen MR) is 79.7 cm³/mol. The minimum absolute atomic E-state index is 0.130. The largest absolute Gasteiger partial charge is 0.481 e. The van der Waals surface area contributed by atoms with E-state index >= 15 is 0 Å². The van der Waals surface area contributed by atoms with Crippen LogP contribution in [0.15, 0.2) is 24.3 Å². The van der Waals surface area contributed by atoms with Gasteiger partial charge in [0.1, 0.15) is 5.82 Å². The van der Waals surface area contributed by atoms with Crippen LogP contribution in [0, 0.1) is 11.7 Å². The number of likely N-dealkylation sites (tertiary alicyclic amines) is 1. The summed E-state index contributed by atoms with van der Waals surface area (Å²) in [6, 6.07) is 6.37. The second kappa shape index (κ2) is 7.35. The van der Waals surface area contributed by atoms with E-state index in [0.29, 0.717) is 18.5 Å². The van der Waals surface area contributed by atoms with Crippen molar-refractivity contribution in [2.24, 2.45) is 5.92 Å². The number of aliphatic carboxylic acids is 1. The molecule has 1 atom stereocenters. The molecule has 1 aliphatic heterocycles. The van der Waals surface area contributed by atoms with Crippen LogP contribution in [0.1, 0.15) is 18.4 Å². The van der Waals surface area contributed by atoms with Crippen LogP contribution in [0.3, 0.4) is 0 Å². The van der Waals surface area contributed by atoms with E-state index in [4.69, 9.17) is 5.11 Å². The first-order valence-electron chi connectivity index (χ1n) is 7.40. The highest BCUT2D eigenvalue weighted by Crippen LogP contribution is 2.17. The number of piperidine rings is 1. The van der Waals surface area contributed by atoms with E-state index in [2.05, 4.69) is 0 Å². The highest BCUT2D eigenvalue weighted by molar-refractivity contribution is 5.78. The molecule has 1 aromatic carbocycles. The van der Waals surface area contributed by atoms with Crippen LogP contribution in [0.25, 0.3) is 0 Å². The lowest BCUT2D eigenvalue weighted by Crippen LogP contribution is -2.44. The molecule has 0 bridgehead atoms. The smallest absolute Gasteiger partial charge is 0.307 e. The van der Waals surface area contributed by atoms with Crippen molar-refractivity contribution in [3.63, 3.8) is 0 Å². The van der Waals surface area contributed by atoms with Crippen molar-refractivity contribution in [3.8, 4) is 0 Å². The molecule has 2 rings (SSSR count). The molecule has 120 valence electrons. The third-order valence-electron chi connectivity index (χ3n) is 4.00. The van der Waals surface area contributed by atoms with Gasteiger partial charge in [-0.05, 0) is 25.5 Å². The van der Waals surface area contributed by atoms with Crippen molar-refractivity contribution < 1.29 is 19.1 Å². The molecular formula is C16H21FN2O3. The molecule has 0 aliphatic carbocycles. The Morgan fingerprint density at radius 2 is 2.14 bits per heavy atom. The Balaban J connectivity index is 1.88. The van der Waals surface area contributed by atoms with Crippen LogP contribution in [0.2, 0.25) is 0 Å². The number of amides is 1. The van der Waals surface area contributed by atoms with E-state index in [1.807, 2.05) is 4.90 Å². The number of halogens is 1. The van der Waals surface area contributed by atoms with E-state index in [9.17, 15) is 14.0 Å². The van der Waals surface area contributed by atoms with Crippen LogP contribution >= 0.6 is 0 Å². The maximum absolute atomic E-state index is 13.6. The normalized spacial score (nSPS) is 18.9. The molecule has 1 fully saturated rings. The van der Waals surface area contributed by atoms with Crippen molar-refractivity contribution in [1.29, 1.82) is 0 Å². The predicted octanol–water partition coefficient (Wildman–Crippen LogP) is 1.58. The second-order valence-corrected chi connectivity index (χ2v) is 5.75. The molecule has 0 unspecified atom stereocenters. The third kappa shape index (κ3) is 4.27. The number of benzene rings is 1. The van der Waals surface area contributed by atoms with Gasteiger partial charge in [0.15, 0.2) is 0 Å². The van der Waals surface area contributed by atoms with Gasteiger partial charge < -0.3 is 10.0 Å². The maximum Gasteiger partial charge on any atom is 0.307 e. The Morgan fingerprint density at radius 1 is 1.41 bits per heavy atom. The van der Waals surface area contributed by atoms with Crippen LogP contribution in [-0.2, 0) is 16.1 Å². The molecule has 1 aliphatic rings.